The van der Waals surface area contributed by atoms with Crippen molar-refractivity contribution in [2.45, 2.75) is 77.7 Å². The highest BCUT2D eigenvalue weighted by molar-refractivity contribution is 7.45. The number of ether oxygens (including phenoxy) is 2. The van der Waals surface area contributed by atoms with Gasteiger partial charge in [0.15, 0.2) is 6.10 Å². The van der Waals surface area contributed by atoms with Crippen LogP contribution >= 0.6 is 7.82 Å². The highest BCUT2D eigenvalue weighted by Crippen LogP contribution is 2.38. The third-order valence-electron chi connectivity index (χ3n) is 3.76. The van der Waals surface area contributed by atoms with Gasteiger partial charge >= 0.3 is 11.9 Å². The number of esters is 2. The largest absolute Gasteiger partial charge is 0.756 e. The number of unbranched alkanes of at least 4 members (excludes halogenated alkanes) is 5. The van der Waals surface area contributed by atoms with Crippen LogP contribution in [0.4, 0.5) is 0 Å². The van der Waals surface area contributed by atoms with Crippen molar-refractivity contribution in [3.63, 3.8) is 0 Å². The number of carbonyl (C=O) groups excluding carboxylic acids is 2. The van der Waals surface area contributed by atoms with E-state index in [9.17, 15) is 19.0 Å². The van der Waals surface area contributed by atoms with Crippen molar-refractivity contribution in [3.8, 4) is 0 Å². The molecule has 10 heteroatoms. The fourth-order valence-electron chi connectivity index (χ4n) is 2.22. The maximum absolute atomic E-state index is 11.9. The SMILES string of the molecule is CCCCCCC(=O)OC[C@H](COP(=O)([O-])OCC[NH3+])OC(=O)CCCCC. The van der Waals surface area contributed by atoms with Crippen molar-refractivity contribution in [1.82, 2.24) is 0 Å². The zero-order chi connectivity index (χ0) is 21.3. The van der Waals surface area contributed by atoms with Gasteiger partial charge in [-0.15, -0.1) is 0 Å². The van der Waals surface area contributed by atoms with E-state index in [2.05, 4.69) is 17.2 Å². The summed E-state index contributed by atoms with van der Waals surface area (Å²) in [5, 5.41) is 0. The minimum Gasteiger partial charge on any atom is -0.756 e. The molecule has 0 aliphatic heterocycles. The molecule has 0 aliphatic carbocycles. The molecule has 0 aromatic rings. The molecule has 0 radical (unpaired) electrons. The molecule has 2 atom stereocenters. The van der Waals surface area contributed by atoms with E-state index in [1.807, 2.05) is 6.92 Å². The normalized spacial score (nSPS) is 14.3. The Hall–Kier alpha value is -0.990. The van der Waals surface area contributed by atoms with Crippen LogP contribution < -0.4 is 10.6 Å². The van der Waals surface area contributed by atoms with E-state index in [-0.39, 0.29) is 32.6 Å². The molecule has 28 heavy (non-hydrogen) atoms. The van der Waals surface area contributed by atoms with Crippen molar-refractivity contribution in [2.24, 2.45) is 0 Å². The monoisotopic (exact) mass is 425 g/mol. The highest BCUT2D eigenvalue weighted by atomic mass is 31.2. The maximum Gasteiger partial charge on any atom is 0.306 e. The van der Waals surface area contributed by atoms with Crippen molar-refractivity contribution in [2.75, 3.05) is 26.4 Å². The van der Waals surface area contributed by atoms with Crippen molar-refractivity contribution >= 4 is 19.8 Å². The second-order valence-corrected chi connectivity index (χ2v) is 7.90. The summed E-state index contributed by atoms with van der Waals surface area (Å²) in [7, 11) is -4.53. The molecule has 0 bridgehead atoms. The molecule has 0 spiro atoms. The molecule has 3 N–H and O–H groups in total. The van der Waals surface area contributed by atoms with Crippen LogP contribution in [0, 0.1) is 0 Å². The molecule has 1 unspecified atom stereocenters. The molecule has 0 aromatic carbocycles. The van der Waals surface area contributed by atoms with Gasteiger partial charge < -0.3 is 29.1 Å². The summed E-state index contributed by atoms with van der Waals surface area (Å²) in [6.07, 6.45) is 5.75. The quantitative estimate of drug-likeness (QED) is 0.199. The molecule has 0 heterocycles. The summed E-state index contributed by atoms with van der Waals surface area (Å²) in [4.78, 5) is 35.3. The van der Waals surface area contributed by atoms with E-state index in [1.165, 1.54) is 0 Å². The zero-order valence-corrected chi connectivity index (χ0v) is 18.1. The van der Waals surface area contributed by atoms with E-state index in [0.29, 0.717) is 6.42 Å². The predicted octanol–water partition coefficient (Wildman–Crippen LogP) is 1.74. The summed E-state index contributed by atoms with van der Waals surface area (Å²) < 4.78 is 31.3. The Labute approximate surface area is 167 Å². The Balaban J connectivity index is 4.51. The molecule has 0 amide bonds. The summed E-state index contributed by atoms with van der Waals surface area (Å²) in [5.74, 6) is -0.901. The van der Waals surface area contributed by atoms with Gasteiger partial charge in [-0.25, -0.2) is 0 Å². The van der Waals surface area contributed by atoms with Gasteiger partial charge in [0.05, 0.1) is 13.2 Å². The number of hydrogen-bond donors (Lipinski definition) is 1. The Morgan fingerprint density at radius 1 is 0.929 bits per heavy atom. The van der Waals surface area contributed by atoms with Crippen LogP contribution in [0.3, 0.4) is 0 Å². The first-order valence-corrected chi connectivity index (χ1v) is 11.5. The van der Waals surface area contributed by atoms with Gasteiger partial charge in [0.1, 0.15) is 13.2 Å². The van der Waals surface area contributed by atoms with Gasteiger partial charge in [0.2, 0.25) is 0 Å². The Morgan fingerprint density at radius 2 is 1.54 bits per heavy atom. The summed E-state index contributed by atoms with van der Waals surface area (Å²) >= 11 is 0. The Kier molecular flexibility index (Phi) is 16.3. The summed E-state index contributed by atoms with van der Waals surface area (Å²) in [6.45, 7) is 3.52. The lowest BCUT2D eigenvalue weighted by Crippen LogP contribution is -2.52. The number of rotatable bonds is 18. The molecular weight excluding hydrogens is 389 g/mol. The van der Waals surface area contributed by atoms with Gasteiger partial charge in [-0.3, -0.25) is 14.2 Å². The van der Waals surface area contributed by atoms with Crippen LogP contribution in [0.2, 0.25) is 0 Å². The Morgan fingerprint density at radius 3 is 2.18 bits per heavy atom. The van der Waals surface area contributed by atoms with Gasteiger partial charge in [0, 0.05) is 12.8 Å². The fraction of sp³-hybridized carbons (Fsp3) is 0.889. The average molecular weight is 425 g/mol. The first kappa shape index (κ1) is 27.0. The molecule has 0 saturated carbocycles. The number of phosphoric ester groups is 1. The highest BCUT2D eigenvalue weighted by Gasteiger charge is 2.20. The first-order valence-electron chi connectivity index (χ1n) is 10.1. The van der Waals surface area contributed by atoms with E-state index in [0.717, 1.165) is 38.5 Å². The minimum atomic E-state index is -4.53. The Bertz CT molecular complexity index is 475. The standard InChI is InChI=1S/C18H36NO8P/c1-3-5-7-9-10-17(20)24-14-16(27-18(21)11-8-6-4-2)15-26-28(22,23)25-13-12-19/h16H,3-15,19H2,1-2H3,(H,22,23)/t16-/m1/s1. The number of quaternary nitrogens is 1. The smallest absolute Gasteiger partial charge is 0.306 e. The molecule has 9 nitrogen and oxygen atoms in total. The molecular formula is C18H36NO8P. The van der Waals surface area contributed by atoms with Crippen LogP contribution in [-0.2, 0) is 32.7 Å². The van der Waals surface area contributed by atoms with E-state index in [4.69, 9.17) is 14.0 Å². The lowest BCUT2D eigenvalue weighted by Gasteiger charge is -2.25. The van der Waals surface area contributed by atoms with Gasteiger partial charge in [0.25, 0.3) is 7.82 Å². The number of hydrogen-bond acceptors (Lipinski definition) is 8. The van der Waals surface area contributed by atoms with Crippen LogP contribution in [-0.4, -0.2) is 44.4 Å². The lowest BCUT2D eigenvalue weighted by molar-refractivity contribution is -0.373. The molecule has 0 saturated heterocycles. The van der Waals surface area contributed by atoms with Crippen molar-refractivity contribution in [3.05, 3.63) is 0 Å². The third kappa shape index (κ3) is 16.0. The minimum absolute atomic E-state index is 0.102. The number of phosphoric acid groups is 1. The van der Waals surface area contributed by atoms with Crippen LogP contribution in [0.1, 0.15) is 71.6 Å². The fourth-order valence-corrected chi connectivity index (χ4v) is 3.00. The number of carbonyl (C=O) groups is 2. The van der Waals surface area contributed by atoms with E-state index in [1.54, 1.807) is 0 Å². The van der Waals surface area contributed by atoms with Crippen LogP contribution in [0.15, 0.2) is 0 Å². The summed E-state index contributed by atoms with van der Waals surface area (Å²) in [5.41, 5.74) is 3.48. The van der Waals surface area contributed by atoms with Crippen molar-refractivity contribution < 1.29 is 43.3 Å². The summed E-state index contributed by atoms with van der Waals surface area (Å²) in [6, 6.07) is 0. The lowest BCUT2D eigenvalue weighted by atomic mass is 10.2. The van der Waals surface area contributed by atoms with Gasteiger partial charge in [-0.2, -0.15) is 0 Å². The predicted molar refractivity (Wildman–Crippen MR) is 101 cm³/mol. The molecule has 0 aliphatic rings. The first-order chi connectivity index (χ1) is 13.3. The second-order valence-electron chi connectivity index (χ2n) is 6.49. The van der Waals surface area contributed by atoms with Gasteiger partial charge in [-0.1, -0.05) is 46.0 Å². The molecule has 166 valence electrons. The zero-order valence-electron chi connectivity index (χ0n) is 17.2. The van der Waals surface area contributed by atoms with E-state index >= 15 is 0 Å². The second kappa shape index (κ2) is 16.9. The van der Waals surface area contributed by atoms with E-state index < -0.39 is 32.5 Å². The molecule has 0 fully saturated rings. The molecule has 0 aromatic heterocycles. The average Bonchev–Trinajstić information content (AvgIpc) is 2.66. The van der Waals surface area contributed by atoms with Crippen LogP contribution in [0.25, 0.3) is 0 Å². The topological polar surface area (TPSA) is 139 Å². The van der Waals surface area contributed by atoms with Crippen molar-refractivity contribution in [1.29, 1.82) is 0 Å². The third-order valence-corrected chi connectivity index (χ3v) is 4.72. The van der Waals surface area contributed by atoms with Gasteiger partial charge in [-0.05, 0) is 12.8 Å². The molecule has 0 rings (SSSR count). The van der Waals surface area contributed by atoms with Crippen LogP contribution in [0.5, 0.6) is 0 Å². The maximum atomic E-state index is 11.9.